The highest BCUT2D eigenvalue weighted by molar-refractivity contribution is 9.10. The van der Waals surface area contributed by atoms with Crippen molar-refractivity contribution in [3.63, 3.8) is 0 Å². The number of nitrogens with zero attached hydrogens (tertiary/aromatic N) is 1. The Morgan fingerprint density at radius 1 is 1.42 bits per heavy atom. The fourth-order valence-electron chi connectivity index (χ4n) is 3.10. The molecule has 1 aliphatic heterocycles. The van der Waals surface area contributed by atoms with Gasteiger partial charge in [-0.25, -0.2) is 0 Å². The van der Waals surface area contributed by atoms with Gasteiger partial charge in [-0.15, -0.1) is 11.3 Å². The Morgan fingerprint density at radius 2 is 2.21 bits per heavy atom. The summed E-state index contributed by atoms with van der Waals surface area (Å²) in [5, 5.41) is 15.0. The minimum atomic E-state index is -0.700. The van der Waals surface area contributed by atoms with Crippen molar-refractivity contribution in [3.05, 3.63) is 50.1 Å². The van der Waals surface area contributed by atoms with E-state index in [1.165, 1.54) is 22.5 Å². The second-order valence-corrected chi connectivity index (χ2v) is 8.54. The van der Waals surface area contributed by atoms with Crippen LogP contribution >= 0.6 is 27.3 Å². The monoisotopic (exact) mass is 408 g/mol. The van der Waals surface area contributed by atoms with Crippen LogP contribution in [0.15, 0.2) is 34.1 Å². The van der Waals surface area contributed by atoms with E-state index < -0.39 is 5.60 Å². The molecule has 0 bridgehead atoms. The third-order valence-electron chi connectivity index (χ3n) is 4.03. The van der Waals surface area contributed by atoms with Gasteiger partial charge >= 0.3 is 0 Å². The summed E-state index contributed by atoms with van der Waals surface area (Å²) in [5.74, 6) is -0.0794. The molecular formula is C18H21BrN2O2S. The largest absolute Gasteiger partial charge is 0.389 e. The van der Waals surface area contributed by atoms with Crippen molar-refractivity contribution in [1.82, 2.24) is 4.90 Å². The van der Waals surface area contributed by atoms with Gasteiger partial charge in [0, 0.05) is 29.8 Å². The number of nitrogens with one attached hydrogen (secondary N) is 1. The average molecular weight is 409 g/mol. The summed E-state index contributed by atoms with van der Waals surface area (Å²) in [5.41, 5.74) is 2.61. The van der Waals surface area contributed by atoms with Crippen LogP contribution in [0, 0.1) is 0 Å². The second-order valence-electron chi connectivity index (χ2n) is 6.77. The number of anilines is 1. The lowest BCUT2D eigenvalue weighted by Crippen LogP contribution is -2.41. The first kappa shape index (κ1) is 17.6. The minimum Gasteiger partial charge on any atom is -0.389 e. The minimum absolute atomic E-state index is 0.0794. The molecule has 128 valence electrons. The number of hydrogen-bond donors (Lipinski definition) is 2. The van der Waals surface area contributed by atoms with Crippen molar-refractivity contribution < 1.29 is 9.90 Å². The maximum absolute atomic E-state index is 12.5. The summed E-state index contributed by atoms with van der Waals surface area (Å²) in [4.78, 5) is 15.4. The van der Waals surface area contributed by atoms with Gasteiger partial charge in [0.15, 0.2) is 0 Å². The van der Waals surface area contributed by atoms with Crippen molar-refractivity contribution in [1.29, 1.82) is 0 Å². The smallest absolute Gasteiger partial charge is 0.266 e. The highest BCUT2D eigenvalue weighted by Gasteiger charge is 2.24. The van der Waals surface area contributed by atoms with Crippen molar-refractivity contribution in [2.24, 2.45) is 0 Å². The van der Waals surface area contributed by atoms with Crippen molar-refractivity contribution in [3.8, 4) is 0 Å². The summed E-state index contributed by atoms with van der Waals surface area (Å²) in [7, 11) is 0. The molecule has 6 heteroatoms. The van der Waals surface area contributed by atoms with E-state index in [9.17, 15) is 9.90 Å². The average Bonchev–Trinajstić information content (AvgIpc) is 2.92. The summed E-state index contributed by atoms with van der Waals surface area (Å²) in [6.45, 7) is 5.99. The fourth-order valence-corrected chi connectivity index (χ4v) is 4.55. The van der Waals surface area contributed by atoms with Crippen molar-refractivity contribution in [2.75, 3.05) is 18.4 Å². The Kier molecular flexibility index (Phi) is 5.11. The Labute approximate surface area is 154 Å². The normalized spacial score (nSPS) is 15.2. The van der Waals surface area contributed by atoms with Gasteiger partial charge in [0.05, 0.1) is 5.60 Å². The van der Waals surface area contributed by atoms with E-state index in [0.29, 0.717) is 11.4 Å². The van der Waals surface area contributed by atoms with E-state index in [1.807, 2.05) is 37.4 Å². The maximum Gasteiger partial charge on any atom is 0.266 e. The molecule has 0 atom stereocenters. The molecule has 2 aromatic rings. The number of rotatable bonds is 4. The molecule has 2 N–H and O–H groups in total. The third-order valence-corrected chi connectivity index (χ3v) is 5.86. The molecule has 0 fully saturated rings. The van der Waals surface area contributed by atoms with Gasteiger partial charge in [-0.1, -0.05) is 12.1 Å². The topological polar surface area (TPSA) is 52.6 Å². The van der Waals surface area contributed by atoms with E-state index in [-0.39, 0.29) is 5.91 Å². The molecule has 0 saturated carbocycles. The van der Waals surface area contributed by atoms with Crippen molar-refractivity contribution in [2.45, 2.75) is 32.4 Å². The third kappa shape index (κ3) is 4.06. The zero-order valence-electron chi connectivity index (χ0n) is 13.8. The van der Waals surface area contributed by atoms with Crippen molar-refractivity contribution >= 4 is 38.9 Å². The molecule has 0 aliphatic carbocycles. The van der Waals surface area contributed by atoms with E-state index in [4.69, 9.17) is 0 Å². The van der Waals surface area contributed by atoms with Crippen LogP contribution in [0.2, 0.25) is 0 Å². The first-order valence-electron chi connectivity index (χ1n) is 7.93. The van der Waals surface area contributed by atoms with Crippen LogP contribution in [-0.4, -0.2) is 34.6 Å². The van der Waals surface area contributed by atoms with Crippen LogP contribution < -0.4 is 5.32 Å². The lowest BCUT2D eigenvalue weighted by atomic mass is 9.96. The zero-order chi connectivity index (χ0) is 17.3. The highest BCUT2D eigenvalue weighted by atomic mass is 79.9. The number of β-amino-alcohol motifs (C(OH)–C–C–N with tert-alkyl or cyclic N) is 1. The fraction of sp³-hybridized carbons (Fsp3) is 0.389. The Bertz CT molecular complexity index is 752. The number of carbonyl (C=O) groups is 1. The molecule has 3 rings (SSSR count). The van der Waals surface area contributed by atoms with E-state index in [0.717, 1.165) is 29.7 Å². The maximum atomic E-state index is 12.5. The first-order chi connectivity index (χ1) is 11.3. The highest BCUT2D eigenvalue weighted by Crippen LogP contribution is 2.29. The molecule has 4 nitrogen and oxygen atoms in total. The van der Waals surface area contributed by atoms with Gasteiger partial charge in [-0.05, 0) is 64.8 Å². The summed E-state index contributed by atoms with van der Waals surface area (Å²) >= 11 is 4.84. The predicted octanol–water partition coefficient (Wildman–Crippen LogP) is 3.89. The number of hydrogen-bond acceptors (Lipinski definition) is 4. The molecule has 1 aromatic carbocycles. The summed E-state index contributed by atoms with van der Waals surface area (Å²) in [6, 6.07) is 7.92. The van der Waals surface area contributed by atoms with Gasteiger partial charge in [0.25, 0.3) is 5.91 Å². The predicted molar refractivity (Wildman–Crippen MR) is 102 cm³/mol. The molecule has 0 radical (unpaired) electrons. The molecule has 24 heavy (non-hydrogen) atoms. The number of benzene rings is 1. The first-order valence-corrected chi connectivity index (χ1v) is 9.60. The number of thiophene rings is 1. The molecule has 0 saturated heterocycles. The zero-order valence-corrected chi connectivity index (χ0v) is 16.2. The standard InChI is InChI=1S/C18H21BrN2O2S/c1-18(2,23)11-21-8-6-13-12(10-21)4-3-5-15(13)20-17(22)16-14(19)7-9-24-16/h3-5,7,9,23H,6,8,10-11H2,1-2H3,(H,20,22). The number of aliphatic hydroxyl groups is 1. The molecule has 1 amide bonds. The number of fused-ring (bicyclic) bond motifs is 1. The molecular weight excluding hydrogens is 388 g/mol. The Balaban J connectivity index is 1.77. The van der Waals surface area contributed by atoms with Gasteiger partial charge in [-0.2, -0.15) is 0 Å². The van der Waals surface area contributed by atoms with Crippen LogP contribution in [0.5, 0.6) is 0 Å². The second kappa shape index (κ2) is 6.96. The van der Waals surface area contributed by atoms with Crippen LogP contribution in [0.4, 0.5) is 5.69 Å². The lowest BCUT2D eigenvalue weighted by molar-refractivity contribution is 0.0318. The van der Waals surface area contributed by atoms with Gasteiger partial charge in [-0.3, -0.25) is 9.69 Å². The quantitative estimate of drug-likeness (QED) is 0.806. The SMILES string of the molecule is CC(C)(O)CN1CCc2c(cccc2NC(=O)c2sccc2Br)C1. The van der Waals surface area contributed by atoms with Gasteiger partial charge in [0.2, 0.25) is 0 Å². The molecule has 0 unspecified atom stereocenters. The van der Waals surface area contributed by atoms with Crippen LogP contribution in [-0.2, 0) is 13.0 Å². The molecule has 1 aliphatic rings. The number of halogens is 1. The van der Waals surface area contributed by atoms with E-state index in [2.05, 4.69) is 32.2 Å². The van der Waals surface area contributed by atoms with Crippen LogP contribution in [0.25, 0.3) is 0 Å². The molecule has 0 spiro atoms. The van der Waals surface area contributed by atoms with E-state index >= 15 is 0 Å². The van der Waals surface area contributed by atoms with Gasteiger partial charge in [0.1, 0.15) is 4.88 Å². The molecule has 1 aromatic heterocycles. The lowest BCUT2D eigenvalue weighted by Gasteiger charge is -2.33. The van der Waals surface area contributed by atoms with E-state index in [1.54, 1.807) is 0 Å². The Hall–Kier alpha value is -1.21. The van der Waals surface area contributed by atoms with Gasteiger partial charge < -0.3 is 10.4 Å². The summed E-state index contributed by atoms with van der Waals surface area (Å²) in [6.07, 6.45) is 0.869. The number of carbonyl (C=O) groups excluding carboxylic acids is 1. The number of amides is 1. The van der Waals surface area contributed by atoms with Crippen LogP contribution in [0.1, 0.15) is 34.6 Å². The Morgan fingerprint density at radius 3 is 2.88 bits per heavy atom. The van der Waals surface area contributed by atoms with Crippen LogP contribution in [0.3, 0.4) is 0 Å². The molecule has 2 heterocycles. The summed E-state index contributed by atoms with van der Waals surface area (Å²) < 4.78 is 0.825.